The number of hydrogen-bond acceptors (Lipinski definition) is 7. The third kappa shape index (κ3) is 4.62. The Balaban J connectivity index is 1.60. The van der Waals surface area contributed by atoms with Crippen LogP contribution in [-0.4, -0.2) is 58.3 Å². The van der Waals surface area contributed by atoms with E-state index in [9.17, 15) is 19.2 Å². The number of nitrogens with zero attached hydrogens (tertiary/aromatic N) is 3. The number of fused-ring (bicyclic) bond motifs is 2. The summed E-state index contributed by atoms with van der Waals surface area (Å²) in [7, 11) is 0. The third-order valence-corrected chi connectivity index (χ3v) is 8.18. The molecule has 5 rings (SSSR count). The van der Waals surface area contributed by atoms with Crippen LogP contribution in [0.3, 0.4) is 0 Å². The van der Waals surface area contributed by atoms with Crippen molar-refractivity contribution in [2.45, 2.75) is 69.7 Å². The van der Waals surface area contributed by atoms with Crippen LogP contribution in [0.5, 0.6) is 0 Å². The summed E-state index contributed by atoms with van der Waals surface area (Å²) in [5, 5.41) is 2.70. The molecule has 36 heavy (non-hydrogen) atoms. The van der Waals surface area contributed by atoms with Crippen molar-refractivity contribution in [3.8, 4) is 0 Å². The maximum Gasteiger partial charge on any atom is 0.331 e. The summed E-state index contributed by atoms with van der Waals surface area (Å²) >= 11 is 1.34. The Morgan fingerprint density at radius 3 is 2.50 bits per heavy atom. The zero-order valence-electron chi connectivity index (χ0n) is 20.0. The van der Waals surface area contributed by atoms with Crippen molar-refractivity contribution in [2.75, 3.05) is 11.6 Å². The van der Waals surface area contributed by atoms with Gasteiger partial charge in [0, 0.05) is 25.4 Å². The minimum atomic E-state index is -0.928. The molecule has 2 aliphatic heterocycles. The molecule has 1 aromatic heterocycles. The molecule has 0 spiro atoms. The number of rotatable bonds is 3. The number of hydrogen-bond donors (Lipinski definition) is 1. The van der Waals surface area contributed by atoms with Crippen LogP contribution in [0.15, 0.2) is 41.8 Å². The lowest BCUT2D eigenvalue weighted by Gasteiger charge is -2.39. The molecule has 1 saturated carbocycles. The van der Waals surface area contributed by atoms with E-state index in [4.69, 9.17) is 10.6 Å². The summed E-state index contributed by atoms with van der Waals surface area (Å²) in [4.78, 5) is 57.2. The summed E-state index contributed by atoms with van der Waals surface area (Å²) in [6.45, 7) is 0.295. The van der Waals surface area contributed by atoms with E-state index < -0.39 is 30.1 Å². The fourth-order valence-corrected chi connectivity index (χ4v) is 6.18. The van der Waals surface area contributed by atoms with E-state index in [1.54, 1.807) is 35.2 Å². The minimum Gasteiger partial charge on any atom is -0.440 e. The normalized spacial score (nSPS) is 23.5. The molecule has 1 aromatic carbocycles. The van der Waals surface area contributed by atoms with Gasteiger partial charge in [0.2, 0.25) is 0 Å². The molecule has 3 heterocycles. The van der Waals surface area contributed by atoms with E-state index in [0.29, 0.717) is 35.5 Å². The van der Waals surface area contributed by atoms with E-state index >= 15 is 0 Å². The maximum absolute atomic E-state index is 13.9. The molecule has 3 aliphatic rings. The van der Waals surface area contributed by atoms with Crippen LogP contribution in [0, 0.1) is 0 Å². The lowest BCUT2D eigenvalue weighted by atomic mass is 9.91. The predicted octanol–water partition coefficient (Wildman–Crippen LogP) is 2.85. The van der Waals surface area contributed by atoms with Crippen molar-refractivity contribution in [1.82, 2.24) is 9.80 Å². The summed E-state index contributed by atoms with van der Waals surface area (Å²) in [6, 6.07) is 9.47. The standard InChI is InChI=1S/C26H30N4O5S/c27-30-19-11-5-4-8-17(19)16-20(26(34)35-22-13-6-14-28(22)24(32)25(30)33)29(18-9-2-1-3-10-18)23(31)21-12-7-15-36-21/h4-5,7-8,11-12,15,18,20,22H,1-3,6,9-10,13-14,16,27H2. The molecule has 9 nitrogen and oxygen atoms in total. The number of amides is 3. The molecule has 190 valence electrons. The van der Waals surface area contributed by atoms with E-state index in [2.05, 4.69) is 0 Å². The van der Waals surface area contributed by atoms with Crippen LogP contribution in [-0.2, 0) is 25.5 Å². The van der Waals surface area contributed by atoms with Gasteiger partial charge in [-0.15, -0.1) is 11.3 Å². The van der Waals surface area contributed by atoms with Gasteiger partial charge >= 0.3 is 17.8 Å². The van der Waals surface area contributed by atoms with Gasteiger partial charge in [-0.05, 0) is 42.3 Å². The van der Waals surface area contributed by atoms with Gasteiger partial charge in [0.15, 0.2) is 6.23 Å². The second-order valence-corrected chi connectivity index (χ2v) is 10.5. The lowest BCUT2D eigenvalue weighted by Crippen LogP contribution is -2.54. The minimum absolute atomic E-state index is 0.111. The number of nitrogens with two attached hydrogens (primary N) is 1. The van der Waals surface area contributed by atoms with E-state index in [-0.39, 0.29) is 18.4 Å². The highest BCUT2D eigenvalue weighted by Gasteiger charge is 2.43. The average Bonchev–Trinajstić information content (AvgIpc) is 3.60. The maximum atomic E-state index is 13.9. The van der Waals surface area contributed by atoms with Gasteiger partial charge in [-0.2, -0.15) is 0 Å². The molecule has 1 saturated heterocycles. The smallest absolute Gasteiger partial charge is 0.331 e. The van der Waals surface area contributed by atoms with Crippen LogP contribution >= 0.6 is 11.3 Å². The van der Waals surface area contributed by atoms with Crippen molar-refractivity contribution in [3.63, 3.8) is 0 Å². The molecule has 1 aliphatic carbocycles. The number of carbonyl (C=O) groups is 4. The van der Waals surface area contributed by atoms with Crippen molar-refractivity contribution < 1.29 is 23.9 Å². The Kier molecular flexibility index (Phi) is 7.06. The summed E-state index contributed by atoms with van der Waals surface area (Å²) < 4.78 is 5.89. The first kappa shape index (κ1) is 24.5. The fourth-order valence-electron chi connectivity index (χ4n) is 5.51. The number of para-hydroxylation sites is 1. The van der Waals surface area contributed by atoms with E-state index in [0.717, 1.165) is 37.1 Å². The highest BCUT2D eigenvalue weighted by molar-refractivity contribution is 7.12. The van der Waals surface area contributed by atoms with Gasteiger partial charge in [0.05, 0.1) is 10.6 Å². The third-order valence-electron chi connectivity index (χ3n) is 7.32. The highest BCUT2D eigenvalue weighted by atomic mass is 32.1. The zero-order valence-corrected chi connectivity index (χ0v) is 20.8. The number of thiophene rings is 1. The van der Waals surface area contributed by atoms with Crippen LogP contribution in [0.1, 0.15) is 60.2 Å². The fraction of sp³-hybridized carbons (Fsp3) is 0.462. The molecule has 10 heteroatoms. The first-order chi connectivity index (χ1) is 17.5. The number of esters is 1. The molecular weight excluding hydrogens is 480 g/mol. The molecule has 2 fully saturated rings. The first-order valence-electron chi connectivity index (χ1n) is 12.5. The second-order valence-electron chi connectivity index (χ2n) is 9.54. The molecule has 2 unspecified atom stereocenters. The number of hydrazine groups is 1. The lowest BCUT2D eigenvalue weighted by molar-refractivity contribution is -0.168. The van der Waals surface area contributed by atoms with Gasteiger partial charge in [0.25, 0.3) is 5.91 Å². The summed E-state index contributed by atoms with van der Waals surface area (Å²) in [5.41, 5.74) is 0.920. The largest absolute Gasteiger partial charge is 0.440 e. The Hall–Kier alpha value is -3.24. The van der Waals surface area contributed by atoms with Crippen LogP contribution in [0.25, 0.3) is 0 Å². The summed E-state index contributed by atoms with van der Waals surface area (Å²) in [6.07, 6.45) is 4.94. The van der Waals surface area contributed by atoms with Crippen molar-refractivity contribution in [3.05, 3.63) is 52.2 Å². The van der Waals surface area contributed by atoms with Gasteiger partial charge in [-0.1, -0.05) is 43.5 Å². The van der Waals surface area contributed by atoms with Crippen LogP contribution in [0.2, 0.25) is 0 Å². The Morgan fingerprint density at radius 1 is 0.972 bits per heavy atom. The van der Waals surface area contributed by atoms with Crippen LogP contribution in [0.4, 0.5) is 5.69 Å². The molecule has 2 N–H and O–H groups in total. The van der Waals surface area contributed by atoms with Gasteiger partial charge < -0.3 is 9.64 Å². The predicted molar refractivity (Wildman–Crippen MR) is 134 cm³/mol. The SMILES string of the molecule is NN1C(=O)C(=O)N2CCCC2OC(=O)C(N(C(=O)c2cccs2)C2CCCCC2)Cc2ccccc21. The monoisotopic (exact) mass is 510 g/mol. The molecular formula is C26H30N4O5S. The Morgan fingerprint density at radius 2 is 1.75 bits per heavy atom. The molecule has 0 bridgehead atoms. The molecule has 0 radical (unpaired) electrons. The molecule has 2 atom stereocenters. The Bertz CT molecular complexity index is 1150. The number of anilines is 1. The highest BCUT2D eigenvalue weighted by Crippen LogP contribution is 2.32. The van der Waals surface area contributed by atoms with Crippen molar-refractivity contribution in [1.29, 1.82) is 0 Å². The van der Waals surface area contributed by atoms with Crippen molar-refractivity contribution in [2.24, 2.45) is 5.84 Å². The molecule has 2 aromatic rings. The van der Waals surface area contributed by atoms with Gasteiger partial charge in [-0.3, -0.25) is 19.3 Å². The van der Waals surface area contributed by atoms with Gasteiger partial charge in [-0.25, -0.2) is 15.6 Å². The van der Waals surface area contributed by atoms with E-state index in [1.165, 1.54) is 16.2 Å². The second kappa shape index (κ2) is 10.4. The van der Waals surface area contributed by atoms with E-state index in [1.807, 2.05) is 11.4 Å². The van der Waals surface area contributed by atoms with Crippen molar-refractivity contribution >= 4 is 40.7 Å². The number of benzene rings is 1. The zero-order chi connectivity index (χ0) is 25.2. The Labute approximate surface area is 213 Å². The van der Waals surface area contributed by atoms with Gasteiger partial charge in [0.1, 0.15) is 6.04 Å². The number of carbonyl (C=O) groups excluding carboxylic acids is 4. The van der Waals surface area contributed by atoms with Crippen LogP contribution < -0.4 is 10.9 Å². The molecule has 3 amide bonds. The summed E-state index contributed by atoms with van der Waals surface area (Å²) in [5.74, 6) is 3.71. The topological polar surface area (TPSA) is 113 Å². The average molecular weight is 511 g/mol. The number of ether oxygens (including phenoxy) is 1. The first-order valence-corrected chi connectivity index (χ1v) is 13.4. The quantitative estimate of drug-likeness (QED) is 0.294.